The Balaban J connectivity index is 1.66. The number of amides is 1. The van der Waals surface area contributed by atoms with Gasteiger partial charge in [0.2, 0.25) is 0 Å². The van der Waals surface area contributed by atoms with Crippen LogP contribution in [0.3, 0.4) is 0 Å². The summed E-state index contributed by atoms with van der Waals surface area (Å²) in [5, 5.41) is 2.82. The Morgan fingerprint density at radius 1 is 1.07 bits per heavy atom. The van der Waals surface area contributed by atoms with Crippen molar-refractivity contribution in [2.75, 3.05) is 38.2 Å². The van der Waals surface area contributed by atoms with Crippen molar-refractivity contribution in [2.24, 2.45) is 5.92 Å². The number of likely N-dealkylation sites (tertiary alicyclic amines) is 1. The van der Waals surface area contributed by atoms with Crippen LogP contribution in [-0.2, 0) is 4.74 Å². The molecule has 0 aliphatic carbocycles. The van der Waals surface area contributed by atoms with Crippen molar-refractivity contribution in [1.29, 1.82) is 0 Å². The molecular weight excluding hydrogens is 352 g/mol. The maximum absolute atomic E-state index is 12.1. The van der Waals surface area contributed by atoms with E-state index >= 15 is 0 Å². The van der Waals surface area contributed by atoms with Gasteiger partial charge in [0.1, 0.15) is 12.4 Å². The van der Waals surface area contributed by atoms with Gasteiger partial charge in [0, 0.05) is 6.54 Å². The number of carbonyl (C=O) groups is 1. The number of hydrogen-bond donors (Lipinski definition) is 1. The van der Waals surface area contributed by atoms with Gasteiger partial charge in [-0.25, -0.2) is 4.79 Å². The number of ether oxygens (including phenoxy) is 2. The number of hydrogen-bond acceptors (Lipinski definition) is 4. The van der Waals surface area contributed by atoms with Crippen LogP contribution in [0.15, 0.2) is 24.3 Å². The largest absolute Gasteiger partial charge is 0.491 e. The Hall–Kier alpha value is -1.75. The Morgan fingerprint density at radius 2 is 1.82 bits per heavy atom. The van der Waals surface area contributed by atoms with E-state index in [1.165, 1.54) is 44.9 Å². The topological polar surface area (TPSA) is 50.8 Å². The molecule has 0 spiro atoms. The van der Waals surface area contributed by atoms with E-state index in [1.54, 1.807) is 0 Å². The van der Waals surface area contributed by atoms with Gasteiger partial charge in [0.15, 0.2) is 0 Å². The summed E-state index contributed by atoms with van der Waals surface area (Å²) in [5.74, 6) is 1.57. The lowest BCUT2D eigenvalue weighted by molar-refractivity contribution is 0.120. The summed E-state index contributed by atoms with van der Waals surface area (Å²) in [6.45, 7) is 8.60. The zero-order valence-electron chi connectivity index (χ0n) is 17.8. The molecule has 0 bridgehead atoms. The quantitative estimate of drug-likeness (QED) is 0.465. The third-order valence-corrected chi connectivity index (χ3v) is 5.55. The van der Waals surface area contributed by atoms with E-state index in [9.17, 15) is 4.79 Å². The number of para-hydroxylation sites is 2. The van der Waals surface area contributed by atoms with Crippen LogP contribution in [0.5, 0.6) is 5.75 Å². The first-order chi connectivity index (χ1) is 13.7. The Labute approximate surface area is 170 Å². The summed E-state index contributed by atoms with van der Waals surface area (Å²) in [5.41, 5.74) is 0.671. The molecule has 1 aromatic carbocycles. The molecule has 2 rings (SSSR count). The molecule has 5 heteroatoms. The van der Waals surface area contributed by atoms with E-state index in [2.05, 4.69) is 24.1 Å². The highest BCUT2D eigenvalue weighted by Crippen LogP contribution is 2.24. The van der Waals surface area contributed by atoms with Crippen LogP contribution in [0, 0.1) is 5.92 Å². The second kappa shape index (κ2) is 13.4. The summed E-state index contributed by atoms with van der Waals surface area (Å²) in [7, 11) is 0. The first-order valence-corrected chi connectivity index (χ1v) is 11.1. The van der Waals surface area contributed by atoms with Crippen molar-refractivity contribution in [3.63, 3.8) is 0 Å². The molecule has 5 nitrogen and oxygen atoms in total. The van der Waals surface area contributed by atoms with Crippen LogP contribution < -0.4 is 10.1 Å². The number of rotatable bonds is 12. The van der Waals surface area contributed by atoms with Crippen molar-refractivity contribution in [1.82, 2.24) is 4.90 Å². The monoisotopic (exact) mass is 390 g/mol. The fourth-order valence-electron chi connectivity index (χ4n) is 3.62. The fourth-order valence-corrected chi connectivity index (χ4v) is 3.62. The first-order valence-electron chi connectivity index (χ1n) is 11.1. The molecule has 158 valence electrons. The zero-order chi connectivity index (χ0) is 20.0. The second-order valence-corrected chi connectivity index (χ2v) is 7.71. The molecule has 1 aliphatic heterocycles. The molecule has 1 amide bonds. The molecule has 1 saturated heterocycles. The van der Waals surface area contributed by atoms with Crippen molar-refractivity contribution in [3.05, 3.63) is 24.3 Å². The van der Waals surface area contributed by atoms with Crippen LogP contribution >= 0.6 is 0 Å². The summed E-state index contributed by atoms with van der Waals surface area (Å²) in [6, 6.07) is 7.55. The van der Waals surface area contributed by atoms with Crippen molar-refractivity contribution in [2.45, 2.75) is 65.2 Å². The molecular formula is C23H38N2O3. The lowest BCUT2D eigenvalue weighted by atomic mass is 9.94. The van der Waals surface area contributed by atoms with Crippen LogP contribution in [0.25, 0.3) is 0 Å². The Bertz CT molecular complexity index is 557. The number of unbranched alkanes of at least 4 members (excludes halogenated alkanes) is 4. The predicted octanol–water partition coefficient (Wildman–Crippen LogP) is 5.71. The molecule has 28 heavy (non-hydrogen) atoms. The number of anilines is 1. The second-order valence-electron chi connectivity index (χ2n) is 7.71. The van der Waals surface area contributed by atoms with Crippen LogP contribution in [0.4, 0.5) is 10.5 Å². The van der Waals surface area contributed by atoms with Gasteiger partial charge in [-0.3, -0.25) is 10.2 Å². The minimum Gasteiger partial charge on any atom is -0.491 e. The normalized spacial score (nSPS) is 15.4. The van der Waals surface area contributed by atoms with Gasteiger partial charge in [-0.15, -0.1) is 0 Å². The summed E-state index contributed by atoms with van der Waals surface area (Å²) in [4.78, 5) is 14.5. The van der Waals surface area contributed by atoms with Crippen LogP contribution in [-0.4, -0.2) is 43.8 Å². The molecule has 1 aromatic rings. The van der Waals surface area contributed by atoms with Gasteiger partial charge in [0.05, 0.1) is 12.3 Å². The molecule has 0 atom stereocenters. The van der Waals surface area contributed by atoms with Crippen molar-refractivity contribution in [3.8, 4) is 5.75 Å². The Kier molecular flexibility index (Phi) is 10.8. The van der Waals surface area contributed by atoms with Crippen molar-refractivity contribution < 1.29 is 14.3 Å². The average Bonchev–Trinajstić information content (AvgIpc) is 2.72. The minimum absolute atomic E-state index is 0.414. The van der Waals surface area contributed by atoms with Gasteiger partial charge in [-0.05, 0) is 50.4 Å². The SMILES string of the molecule is CCCCCCCOc1ccccc1NC(=O)OCCN1CCC(CC)CC1. The molecule has 1 heterocycles. The maximum atomic E-state index is 12.1. The maximum Gasteiger partial charge on any atom is 0.411 e. The molecule has 0 saturated carbocycles. The van der Waals surface area contributed by atoms with Gasteiger partial charge in [0.25, 0.3) is 0 Å². The molecule has 0 aromatic heterocycles. The van der Waals surface area contributed by atoms with E-state index in [4.69, 9.17) is 9.47 Å². The van der Waals surface area contributed by atoms with E-state index in [-0.39, 0.29) is 0 Å². The molecule has 1 fully saturated rings. The Morgan fingerprint density at radius 3 is 2.57 bits per heavy atom. The highest BCUT2D eigenvalue weighted by atomic mass is 16.5. The number of nitrogens with one attached hydrogen (secondary N) is 1. The fraction of sp³-hybridized carbons (Fsp3) is 0.696. The van der Waals surface area contributed by atoms with Gasteiger partial charge >= 0.3 is 6.09 Å². The van der Waals surface area contributed by atoms with Gasteiger partial charge < -0.3 is 9.47 Å². The standard InChI is InChI=1S/C23H38N2O3/c1-3-5-6-7-10-18-27-22-12-9-8-11-21(22)24-23(26)28-19-17-25-15-13-20(4-2)14-16-25/h8-9,11-12,20H,3-7,10,13-19H2,1-2H3,(H,24,26). The summed E-state index contributed by atoms with van der Waals surface area (Å²) in [6.07, 6.45) is 9.36. The lowest BCUT2D eigenvalue weighted by Crippen LogP contribution is -2.36. The average molecular weight is 391 g/mol. The molecule has 1 aliphatic rings. The third-order valence-electron chi connectivity index (χ3n) is 5.55. The zero-order valence-corrected chi connectivity index (χ0v) is 17.8. The first kappa shape index (κ1) is 22.5. The summed E-state index contributed by atoms with van der Waals surface area (Å²) < 4.78 is 11.2. The number of nitrogens with zero attached hydrogens (tertiary/aromatic N) is 1. The summed E-state index contributed by atoms with van der Waals surface area (Å²) >= 11 is 0. The lowest BCUT2D eigenvalue weighted by Gasteiger charge is -2.31. The van der Waals surface area contributed by atoms with E-state index in [0.29, 0.717) is 24.7 Å². The molecule has 1 N–H and O–H groups in total. The minimum atomic E-state index is -0.414. The highest BCUT2D eigenvalue weighted by molar-refractivity contribution is 5.86. The smallest absolute Gasteiger partial charge is 0.411 e. The van der Waals surface area contributed by atoms with Crippen LogP contribution in [0.1, 0.15) is 65.2 Å². The van der Waals surface area contributed by atoms with Crippen molar-refractivity contribution >= 4 is 11.8 Å². The number of benzene rings is 1. The van der Waals surface area contributed by atoms with E-state index in [1.807, 2.05) is 24.3 Å². The van der Waals surface area contributed by atoms with E-state index < -0.39 is 6.09 Å². The van der Waals surface area contributed by atoms with Gasteiger partial charge in [-0.1, -0.05) is 58.1 Å². The van der Waals surface area contributed by atoms with Gasteiger partial charge in [-0.2, -0.15) is 0 Å². The number of piperidine rings is 1. The molecule has 0 unspecified atom stereocenters. The highest BCUT2D eigenvalue weighted by Gasteiger charge is 2.17. The predicted molar refractivity (Wildman–Crippen MR) is 115 cm³/mol. The molecule has 0 radical (unpaired) electrons. The van der Waals surface area contributed by atoms with E-state index in [0.717, 1.165) is 32.0 Å². The third kappa shape index (κ3) is 8.51. The number of carbonyl (C=O) groups excluding carboxylic acids is 1. The van der Waals surface area contributed by atoms with Crippen LogP contribution in [0.2, 0.25) is 0 Å².